The van der Waals surface area contributed by atoms with Gasteiger partial charge in [-0.1, -0.05) is 0 Å². The molecule has 3 N–H and O–H groups in total. The summed E-state index contributed by atoms with van der Waals surface area (Å²) in [6.07, 6.45) is 0. The summed E-state index contributed by atoms with van der Waals surface area (Å²) in [6.45, 7) is 1.63. The first-order chi connectivity index (χ1) is 7.79. The molecule has 0 spiro atoms. The summed E-state index contributed by atoms with van der Waals surface area (Å²) < 4.78 is 36.0. The van der Waals surface area contributed by atoms with E-state index in [-0.39, 0.29) is 11.3 Å². The maximum atomic E-state index is 11.1. The van der Waals surface area contributed by atoms with E-state index in [0.717, 1.165) is 0 Å². The number of hydrogen-bond donors (Lipinski definition) is 2. The van der Waals surface area contributed by atoms with Gasteiger partial charge in [-0.05, 0) is 18.6 Å². The monoisotopic (exact) mass is 255 g/mol. The first kappa shape index (κ1) is 11.6. The number of benzene rings is 1. The van der Waals surface area contributed by atoms with Gasteiger partial charge in [0.25, 0.3) is 10.1 Å². The lowest BCUT2D eigenvalue weighted by Gasteiger charge is -2.05. The fourth-order valence-electron chi connectivity index (χ4n) is 1.58. The van der Waals surface area contributed by atoms with Crippen LogP contribution in [0.2, 0.25) is 0 Å². The molecule has 17 heavy (non-hydrogen) atoms. The molecule has 2 aromatic rings. The molecule has 1 heterocycles. The number of fused-ring (bicyclic) bond motifs is 1. The number of nitrogen functional groups attached to an aromatic ring is 1. The quantitative estimate of drug-likeness (QED) is 0.445. The Hall–Kier alpha value is -1.86. The van der Waals surface area contributed by atoms with Gasteiger partial charge in [-0.25, -0.2) is 4.79 Å². The molecule has 0 amide bonds. The molecule has 90 valence electrons. The largest absolute Gasteiger partial charge is 0.423 e. The zero-order valence-corrected chi connectivity index (χ0v) is 9.61. The molecule has 0 bridgehead atoms. The van der Waals surface area contributed by atoms with Gasteiger partial charge in [0, 0.05) is 17.5 Å². The fraction of sp³-hybridized carbons (Fsp3) is 0.100. The zero-order chi connectivity index (χ0) is 12.8. The van der Waals surface area contributed by atoms with Crippen molar-refractivity contribution in [3.8, 4) is 0 Å². The summed E-state index contributed by atoms with van der Waals surface area (Å²) in [7, 11) is -4.40. The second-order valence-corrected chi connectivity index (χ2v) is 5.00. The summed E-state index contributed by atoms with van der Waals surface area (Å²) in [6, 6.07) is 3.61. The zero-order valence-electron chi connectivity index (χ0n) is 8.80. The topological polar surface area (TPSA) is 111 Å². The van der Waals surface area contributed by atoms with Gasteiger partial charge in [-0.2, -0.15) is 8.42 Å². The summed E-state index contributed by atoms with van der Waals surface area (Å²) in [5.74, 6) is 0. The number of nitrogens with two attached hydrogens (primary N) is 1. The van der Waals surface area contributed by atoms with Crippen LogP contribution in [0.3, 0.4) is 0 Å². The molecular weight excluding hydrogens is 246 g/mol. The van der Waals surface area contributed by atoms with Crippen LogP contribution in [0, 0.1) is 6.92 Å². The van der Waals surface area contributed by atoms with Crippen LogP contribution in [0.15, 0.2) is 32.3 Å². The van der Waals surface area contributed by atoms with Crippen LogP contribution in [0.4, 0.5) is 5.69 Å². The third kappa shape index (κ3) is 2.02. The first-order valence-corrected chi connectivity index (χ1v) is 6.04. The maximum Gasteiger partial charge on any atom is 0.336 e. The molecule has 0 aliphatic rings. The van der Waals surface area contributed by atoms with Gasteiger partial charge >= 0.3 is 5.63 Å². The molecule has 1 aromatic heterocycles. The van der Waals surface area contributed by atoms with E-state index < -0.39 is 20.6 Å². The van der Waals surface area contributed by atoms with Gasteiger partial charge in [-0.15, -0.1) is 0 Å². The Morgan fingerprint density at radius 2 is 1.94 bits per heavy atom. The maximum absolute atomic E-state index is 11.1. The molecule has 0 aliphatic heterocycles. The minimum absolute atomic E-state index is 0.172. The normalized spacial score (nSPS) is 11.9. The van der Waals surface area contributed by atoms with Crippen LogP contribution in [0.25, 0.3) is 11.0 Å². The van der Waals surface area contributed by atoms with E-state index in [4.69, 9.17) is 14.7 Å². The number of rotatable bonds is 1. The van der Waals surface area contributed by atoms with E-state index in [2.05, 4.69) is 0 Å². The highest BCUT2D eigenvalue weighted by molar-refractivity contribution is 7.86. The van der Waals surface area contributed by atoms with Gasteiger partial charge in [0.1, 0.15) is 10.5 Å². The summed E-state index contributed by atoms with van der Waals surface area (Å²) in [5.41, 5.74) is 5.48. The number of aryl methyl sites for hydroxylation is 1. The van der Waals surface area contributed by atoms with Crippen LogP contribution < -0.4 is 11.4 Å². The average Bonchev–Trinajstić information content (AvgIpc) is 2.13. The van der Waals surface area contributed by atoms with Gasteiger partial charge in [0.15, 0.2) is 0 Å². The predicted octanol–water partition coefficient (Wildman–Crippen LogP) is 0.930. The molecule has 1 aromatic carbocycles. The predicted molar refractivity (Wildman–Crippen MR) is 61.4 cm³/mol. The van der Waals surface area contributed by atoms with Gasteiger partial charge < -0.3 is 10.2 Å². The van der Waals surface area contributed by atoms with Crippen LogP contribution in [-0.2, 0) is 10.1 Å². The molecule has 0 fully saturated rings. The van der Waals surface area contributed by atoms with E-state index in [1.54, 1.807) is 6.92 Å². The Balaban J connectivity index is 2.96. The smallest absolute Gasteiger partial charge is 0.336 e. The SMILES string of the molecule is Cc1cc(=O)oc2cc(N)c(S(=O)(=O)O)cc12. The van der Waals surface area contributed by atoms with Crippen molar-refractivity contribution >= 4 is 26.8 Å². The van der Waals surface area contributed by atoms with E-state index in [1.807, 2.05) is 0 Å². The molecule has 0 unspecified atom stereocenters. The van der Waals surface area contributed by atoms with Crippen molar-refractivity contribution in [2.75, 3.05) is 5.73 Å². The van der Waals surface area contributed by atoms with Crippen LogP contribution in [0.1, 0.15) is 5.56 Å². The second kappa shape index (κ2) is 3.57. The fourth-order valence-corrected chi connectivity index (χ4v) is 2.21. The molecule has 7 heteroatoms. The Morgan fingerprint density at radius 3 is 2.53 bits per heavy atom. The minimum atomic E-state index is -4.40. The lowest BCUT2D eigenvalue weighted by atomic mass is 10.1. The van der Waals surface area contributed by atoms with E-state index in [1.165, 1.54) is 18.2 Å². The van der Waals surface area contributed by atoms with Crippen molar-refractivity contribution in [3.63, 3.8) is 0 Å². The Bertz CT molecular complexity index is 760. The standard InChI is InChI=1S/C10H9NO5S/c1-5-2-10(12)16-8-4-7(11)9(3-6(5)8)17(13,14)15/h2-4H,11H2,1H3,(H,13,14,15). The van der Waals surface area contributed by atoms with Gasteiger partial charge in [0.05, 0.1) is 5.69 Å². The molecule has 6 nitrogen and oxygen atoms in total. The van der Waals surface area contributed by atoms with Gasteiger partial charge in [0.2, 0.25) is 0 Å². The highest BCUT2D eigenvalue weighted by Gasteiger charge is 2.16. The van der Waals surface area contributed by atoms with Crippen LogP contribution in [0.5, 0.6) is 0 Å². The lowest BCUT2D eigenvalue weighted by Crippen LogP contribution is -2.05. The summed E-state index contributed by atoms with van der Waals surface area (Å²) in [5, 5.41) is 0.409. The summed E-state index contributed by atoms with van der Waals surface area (Å²) >= 11 is 0. The number of hydrogen-bond acceptors (Lipinski definition) is 5. The summed E-state index contributed by atoms with van der Waals surface area (Å²) in [4.78, 5) is 10.7. The van der Waals surface area contributed by atoms with Gasteiger partial charge in [-0.3, -0.25) is 4.55 Å². The second-order valence-electron chi connectivity index (χ2n) is 3.61. The Kier molecular flexibility index (Phi) is 2.44. The van der Waals surface area contributed by atoms with Crippen LogP contribution >= 0.6 is 0 Å². The molecule has 2 rings (SSSR count). The van der Waals surface area contributed by atoms with E-state index in [9.17, 15) is 13.2 Å². The van der Waals surface area contributed by atoms with Crippen molar-refractivity contribution in [2.24, 2.45) is 0 Å². The Morgan fingerprint density at radius 1 is 1.29 bits per heavy atom. The highest BCUT2D eigenvalue weighted by atomic mass is 32.2. The third-order valence-corrected chi connectivity index (χ3v) is 3.27. The average molecular weight is 255 g/mol. The molecule has 0 radical (unpaired) electrons. The minimum Gasteiger partial charge on any atom is -0.423 e. The first-order valence-electron chi connectivity index (χ1n) is 4.60. The molecule has 0 atom stereocenters. The van der Waals surface area contributed by atoms with Crippen molar-refractivity contribution in [1.29, 1.82) is 0 Å². The molecule has 0 saturated carbocycles. The third-order valence-electron chi connectivity index (χ3n) is 2.36. The van der Waals surface area contributed by atoms with Crippen molar-refractivity contribution < 1.29 is 17.4 Å². The molecule has 0 aliphatic carbocycles. The highest BCUT2D eigenvalue weighted by Crippen LogP contribution is 2.26. The van der Waals surface area contributed by atoms with Crippen molar-refractivity contribution in [1.82, 2.24) is 0 Å². The van der Waals surface area contributed by atoms with Crippen LogP contribution in [-0.4, -0.2) is 13.0 Å². The molecular formula is C10H9NO5S. The van der Waals surface area contributed by atoms with E-state index in [0.29, 0.717) is 10.9 Å². The lowest BCUT2D eigenvalue weighted by molar-refractivity contribution is 0.483. The molecule has 0 saturated heterocycles. The Labute approximate surface area is 96.4 Å². The van der Waals surface area contributed by atoms with E-state index >= 15 is 0 Å². The van der Waals surface area contributed by atoms with Crippen molar-refractivity contribution in [2.45, 2.75) is 11.8 Å². The number of anilines is 1. The van der Waals surface area contributed by atoms with Crippen molar-refractivity contribution in [3.05, 3.63) is 34.2 Å².